The van der Waals surface area contributed by atoms with E-state index in [1.807, 2.05) is 30.1 Å². The van der Waals surface area contributed by atoms with Gasteiger partial charge in [-0.3, -0.25) is 4.79 Å². The van der Waals surface area contributed by atoms with Crippen molar-refractivity contribution in [2.45, 2.75) is 4.90 Å². The molecule has 16 heavy (non-hydrogen) atoms. The lowest BCUT2D eigenvalue weighted by Gasteiger charge is -2.12. The van der Waals surface area contributed by atoms with Gasteiger partial charge >= 0.3 is 0 Å². The Hall–Kier alpha value is -1.26. The van der Waals surface area contributed by atoms with Crippen LogP contribution in [0.15, 0.2) is 40.3 Å². The maximum absolute atomic E-state index is 11.5. The van der Waals surface area contributed by atoms with Gasteiger partial charge in [-0.05, 0) is 12.1 Å². The summed E-state index contributed by atoms with van der Waals surface area (Å²) in [5.74, 6) is -0.00958. The molecule has 0 saturated carbocycles. The number of thioether (sulfide) groups is 1. The van der Waals surface area contributed by atoms with Crippen molar-refractivity contribution in [1.29, 1.82) is 0 Å². The first-order valence-electron chi connectivity index (χ1n) is 4.96. The quantitative estimate of drug-likeness (QED) is 0.752. The lowest BCUT2D eigenvalue weighted by molar-refractivity contribution is -0.118. The fourth-order valence-electron chi connectivity index (χ4n) is 1.57. The molecule has 0 N–H and O–H groups in total. The van der Waals surface area contributed by atoms with Crippen molar-refractivity contribution in [3.8, 4) is 0 Å². The van der Waals surface area contributed by atoms with Crippen LogP contribution < -0.4 is 4.90 Å². The molecular formula is C12H13NO2S. The molecule has 0 amide bonds. The van der Waals surface area contributed by atoms with Gasteiger partial charge in [-0.15, -0.1) is 0 Å². The molecule has 84 valence electrons. The molecule has 0 aromatic heterocycles. The van der Waals surface area contributed by atoms with Crippen LogP contribution in [0.5, 0.6) is 0 Å². The Morgan fingerprint density at radius 3 is 2.94 bits per heavy atom. The van der Waals surface area contributed by atoms with Gasteiger partial charge in [0.2, 0.25) is 0 Å². The van der Waals surface area contributed by atoms with Crippen molar-refractivity contribution >= 4 is 23.2 Å². The van der Waals surface area contributed by atoms with E-state index in [0.717, 1.165) is 10.7 Å². The van der Waals surface area contributed by atoms with E-state index in [9.17, 15) is 4.79 Å². The summed E-state index contributed by atoms with van der Waals surface area (Å²) < 4.78 is 4.80. The third-order valence-electron chi connectivity index (χ3n) is 2.34. The van der Waals surface area contributed by atoms with E-state index in [-0.39, 0.29) is 12.4 Å². The molecule has 0 spiro atoms. The van der Waals surface area contributed by atoms with E-state index in [1.54, 1.807) is 17.8 Å². The highest BCUT2D eigenvalue weighted by molar-refractivity contribution is 8.03. The fourth-order valence-corrected chi connectivity index (χ4v) is 2.68. The molecule has 1 heterocycles. The minimum atomic E-state index is -0.00958. The van der Waals surface area contributed by atoms with Crippen LogP contribution in [0.3, 0.4) is 0 Å². The number of methoxy groups -OCH3 is 1. The Kier molecular flexibility index (Phi) is 3.31. The largest absolute Gasteiger partial charge is 0.377 e. The number of hydrogen-bond donors (Lipinski definition) is 0. The zero-order chi connectivity index (χ0) is 11.5. The summed E-state index contributed by atoms with van der Waals surface area (Å²) in [5, 5.41) is 0.947. The molecule has 0 bridgehead atoms. The van der Waals surface area contributed by atoms with Crippen molar-refractivity contribution < 1.29 is 9.53 Å². The maximum Gasteiger partial charge on any atom is 0.183 e. The molecule has 3 nitrogen and oxygen atoms in total. The number of carbonyl (C=O) groups is 1. The lowest BCUT2D eigenvalue weighted by atomic mass is 10.3. The van der Waals surface area contributed by atoms with Crippen LogP contribution in [0.4, 0.5) is 5.69 Å². The number of ether oxygens (including phenoxy) is 1. The van der Waals surface area contributed by atoms with Crippen molar-refractivity contribution in [1.82, 2.24) is 0 Å². The number of hydrogen-bond acceptors (Lipinski definition) is 4. The van der Waals surface area contributed by atoms with E-state index in [1.165, 1.54) is 12.0 Å². The van der Waals surface area contributed by atoms with Gasteiger partial charge in [0.05, 0.1) is 10.7 Å². The second kappa shape index (κ2) is 4.72. The minimum absolute atomic E-state index is 0.00958. The first-order valence-corrected chi connectivity index (χ1v) is 5.78. The van der Waals surface area contributed by atoms with Gasteiger partial charge in [-0.1, -0.05) is 23.9 Å². The zero-order valence-corrected chi connectivity index (χ0v) is 10.1. The predicted molar refractivity (Wildman–Crippen MR) is 65.7 cm³/mol. The van der Waals surface area contributed by atoms with Gasteiger partial charge in [0.15, 0.2) is 5.78 Å². The summed E-state index contributed by atoms with van der Waals surface area (Å²) in [4.78, 5) is 14.7. The summed E-state index contributed by atoms with van der Waals surface area (Å²) in [7, 11) is 3.49. The Balaban J connectivity index is 2.21. The number of rotatable bonds is 3. The Morgan fingerprint density at radius 2 is 2.25 bits per heavy atom. The van der Waals surface area contributed by atoms with Gasteiger partial charge < -0.3 is 9.64 Å². The van der Waals surface area contributed by atoms with Crippen molar-refractivity contribution in [2.75, 3.05) is 25.7 Å². The molecule has 0 unspecified atom stereocenters. The Bertz CT molecular complexity index is 442. The van der Waals surface area contributed by atoms with Crippen LogP contribution in [-0.2, 0) is 9.53 Å². The highest BCUT2D eigenvalue weighted by atomic mass is 32.2. The first kappa shape index (κ1) is 11.2. The minimum Gasteiger partial charge on any atom is -0.377 e. The topological polar surface area (TPSA) is 29.5 Å². The predicted octanol–water partition coefficient (Wildman–Crippen LogP) is 2.29. The van der Waals surface area contributed by atoms with Crippen LogP contribution in [0.2, 0.25) is 0 Å². The second-order valence-electron chi connectivity index (χ2n) is 3.51. The number of para-hydroxylation sites is 1. The summed E-state index contributed by atoms with van der Waals surface area (Å²) in [6.45, 7) is 0.133. The number of carbonyl (C=O) groups excluding carboxylic acids is 1. The monoisotopic (exact) mass is 235 g/mol. The number of ketones is 1. The Labute approximate surface area is 99.1 Å². The fraction of sp³-hybridized carbons (Fsp3) is 0.250. The molecule has 0 atom stereocenters. The molecule has 2 rings (SSSR count). The van der Waals surface area contributed by atoms with Crippen LogP contribution >= 0.6 is 11.8 Å². The molecule has 1 aromatic carbocycles. The van der Waals surface area contributed by atoms with E-state index < -0.39 is 0 Å². The third-order valence-corrected chi connectivity index (χ3v) is 3.51. The molecule has 1 aliphatic heterocycles. The molecule has 0 fully saturated rings. The molecule has 0 radical (unpaired) electrons. The zero-order valence-electron chi connectivity index (χ0n) is 9.27. The summed E-state index contributed by atoms with van der Waals surface area (Å²) in [5.41, 5.74) is 1.14. The molecule has 1 aliphatic rings. The summed E-state index contributed by atoms with van der Waals surface area (Å²) in [6.07, 6.45) is 1.63. The maximum atomic E-state index is 11.5. The van der Waals surface area contributed by atoms with E-state index in [4.69, 9.17) is 4.74 Å². The van der Waals surface area contributed by atoms with Crippen molar-refractivity contribution in [2.24, 2.45) is 0 Å². The third kappa shape index (κ3) is 2.13. The van der Waals surface area contributed by atoms with Crippen LogP contribution in [0.1, 0.15) is 0 Å². The number of nitrogens with zero attached hydrogens (tertiary/aromatic N) is 1. The van der Waals surface area contributed by atoms with E-state index in [2.05, 4.69) is 6.07 Å². The first-order chi connectivity index (χ1) is 7.72. The highest BCUT2D eigenvalue weighted by Gasteiger charge is 2.21. The van der Waals surface area contributed by atoms with Crippen LogP contribution in [0.25, 0.3) is 0 Å². The van der Waals surface area contributed by atoms with Crippen molar-refractivity contribution in [3.05, 3.63) is 35.4 Å². The number of benzene rings is 1. The SMILES string of the molecule is COCC(=O)C=C1Sc2ccccc2N1C. The van der Waals surface area contributed by atoms with Gasteiger partial charge in [-0.2, -0.15) is 0 Å². The Morgan fingerprint density at radius 1 is 1.50 bits per heavy atom. The van der Waals surface area contributed by atoms with Gasteiger partial charge in [0.25, 0.3) is 0 Å². The average Bonchev–Trinajstić information content (AvgIpc) is 2.57. The van der Waals surface area contributed by atoms with Gasteiger partial charge in [-0.25, -0.2) is 0 Å². The summed E-state index contributed by atoms with van der Waals surface area (Å²) in [6, 6.07) is 8.09. The lowest BCUT2D eigenvalue weighted by Crippen LogP contribution is -2.12. The highest BCUT2D eigenvalue weighted by Crippen LogP contribution is 2.44. The number of anilines is 1. The van der Waals surface area contributed by atoms with E-state index >= 15 is 0 Å². The normalized spacial score (nSPS) is 16.6. The summed E-state index contributed by atoms with van der Waals surface area (Å²) >= 11 is 1.61. The van der Waals surface area contributed by atoms with Crippen molar-refractivity contribution in [3.63, 3.8) is 0 Å². The molecular weight excluding hydrogens is 222 g/mol. The molecule has 0 aliphatic carbocycles. The van der Waals surface area contributed by atoms with Crippen LogP contribution in [0, 0.1) is 0 Å². The molecule has 1 aromatic rings. The van der Waals surface area contributed by atoms with Gasteiger partial charge in [0, 0.05) is 25.1 Å². The average molecular weight is 235 g/mol. The smallest absolute Gasteiger partial charge is 0.183 e. The van der Waals surface area contributed by atoms with Crippen LogP contribution in [-0.4, -0.2) is 26.5 Å². The molecule has 4 heteroatoms. The van der Waals surface area contributed by atoms with E-state index in [0.29, 0.717) is 0 Å². The number of fused-ring (bicyclic) bond motifs is 1. The molecule has 0 saturated heterocycles. The standard InChI is InChI=1S/C12H13NO2S/c1-13-10-5-3-4-6-11(10)16-12(13)7-9(14)8-15-2/h3-7H,8H2,1-2H3. The van der Waals surface area contributed by atoms with Gasteiger partial charge in [0.1, 0.15) is 6.61 Å². The second-order valence-corrected chi connectivity index (χ2v) is 4.57.